The number of anilines is 1. The molecule has 1 N–H and O–H groups in total. The van der Waals surface area contributed by atoms with Crippen molar-refractivity contribution in [2.75, 3.05) is 18.5 Å². The molecule has 6 heteroatoms. The summed E-state index contributed by atoms with van der Waals surface area (Å²) in [5.74, 6) is 0.251. The molecule has 0 aromatic heterocycles. The van der Waals surface area contributed by atoms with E-state index in [1.54, 1.807) is 30.3 Å². The summed E-state index contributed by atoms with van der Waals surface area (Å²) in [6.45, 7) is 6.34. The van der Waals surface area contributed by atoms with Gasteiger partial charge in [-0.25, -0.2) is 4.79 Å². The minimum Gasteiger partial charge on any atom is -0.490 e. The van der Waals surface area contributed by atoms with Crippen LogP contribution in [0, 0.1) is 0 Å². The van der Waals surface area contributed by atoms with Gasteiger partial charge in [-0.3, -0.25) is 4.79 Å². The summed E-state index contributed by atoms with van der Waals surface area (Å²) in [6, 6.07) is 14.4. The standard InChI is InChI=1S/C22H25NO5/c1-4-26-19-13-11-17(15-20(19)27-5-2)12-14-21(24)28-16(3)22(25)23-18-9-7-6-8-10-18/h6-16H,4-5H2,1-3H3,(H,23,25)/b14-12+/t16-/m0/s1. The van der Waals surface area contributed by atoms with E-state index < -0.39 is 18.0 Å². The smallest absolute Gasteiger partial charge is 0.331 e. The molecule has 0 aliphatic heterocycles. The second kappa shape index (κ2) is 10.8. The Labute approximate surface area is 165 Å². The highest BCUT2D eigenvalue weighted by Crippen LogP contribution is 2.29. The fourth-order valence-electron chi connectivity index (χ4n) is 2.37. The summed E-state index contributed by atoms with van der Waals surface area (Å²) in [7, 11) is 0. The number of ether oxygens (including phenoxy) is 3. The van der Waals surface area contributed by atoms with Crippen LogP contribution in [0.2, 0.25) is 0 Å². The molecule has 0 aliphatic carbocycles. The zero-order chi connectivity index (χ0) is 20.4. The molecule has 0 heterocycles. The Morgan fingerprint density at radius 3 is 2.36 bits per heavy atom. The van der Waals surface area contributed by atoms with Crippen LogP contribution < -0.4 is 14.8 Å². The zero-order valence-corrected chi connectivity index (χ0v) is 16.3. The number of hydrogen-bond acceptors (Lipinski definition) is 5. The molecule has 0 saturated heterocycles. The first-order valence-corrected chi connectivity index (χ1v) is 9.17. The third-order valence-corrected chi connectivity index (χ3v) is 3.68. The van der Waals surface area contributed by atoms with Crippen molar-refractivity contribution in [2.45, 2.75) is 26.9 Å². The molecule has 2 rings (SSSR count). The van der Waals surface area contributed by atoms with E-state index in [1.165, 1.54) is 13.0 Å². The highest BCUT2D eigenvalue weighted by atomic mass is 16.5. The number of para-hydroxylation sites is 1. The summed E-state index contributed by atoms with van der Waals surface area (Å²) < 4.78 is 16.2. The third-order valence-electron chi connectivity index (χ3n) is 3.68. The Morgan fingerprint density at radius 2 is 1.68 bits per heavy atom. The van der Waals surface area contributed by atoms with Crippen molar-refractivity contribution in [3.05, 3.63) is 60.2 Å². The van der Waals surface area contributed by atoms with Crippen molar-refractivity contribution in [1.82, 2.24) is 0 Å². The lowest BCUT2D eigenvalue weighted by molar-refractivity contribution is -0.148. The fraction of sp³-hybridized carbons (Fsp3) is 0.273. The van der Waals surface area contributed by atoms with E-state index in [4.69, 9.17) is 14.2 Å². The summed E-state index contributed by atoms with van der Waals surface area (Å²) in [6.07, 6.45) is 1.96. The van der Waals surface area contributed by atoms with Gasteiger partial charge in [-0.2, -0.15) is 0 Å². The predicted molar refractivity (Wildman–Crippen MR) is 108 cm³/mol. The molecular formula is C22H25NO5. The fourth-order valence-corrected chi connectivity index (χ4v) is 2.37. The van der Waals surface area contributed by atoms with Crippen molar-refractivity contribution in [2.24, 2.45) is 0 Å². The average Bonchev–Trinajstić information content (AvgIpc) is 2.69. The minimum absolute atomic E-state index is 0.396. The Hall–Kier alpha value is -3.28. The van der Waals surface area contributed by atoms with Crippen LogP contribution in [-0.4, -0.2) is 31.2 Å². The molecule has 0 saturated carbocycles. The van der Waals surface area contributed by atoms with Crippen LogP contribution in [0.15, 0.2) is 54.6 Å². The molecule has 0 aliphatic rings. The Morgan fingerprint density at radius 1 is 1.00 bits per heavy atom. The largest absolute Gasteiger partial charge is 0.490 e. The Kier molecular flexibility index (Phi) is 8.09. The van der Waals surface area contributed by atoms with Crippen LogP contribution >= 0.6 is 0 Å². The Balaban J connectivity index is 1.95. The topological polar surface area (TPSA) is 73.9 Å². The molecule has 1 amide bonds. The van der Waals surface area contributed by atoms with Gasteiger partial charge in [0.2, 0.25) is 0 Å². The number of nitrogens with one attached hydrogen (secondary N) is 1. The number of hydrogen-bond donors (Lipinski definition) is 1. The van der Waals surface area contributed by atoms with E-state index >= 15 is 0 Å². The van der Waals surface area contributed by atoms with Crippen molar-refractivity contribution in [3.8, 4) is 11.5 Å². The molecular weight excluding hydrogens is 358 g/mol. The quantitative estimate of drug-likeness (QED) is 0.522. The molecule has 1 atom stereocenters. The average molecular weight is 383 g/mol. The SMILES string of the molecule is CCOc1ccc(/C=C/C(=O)O[C@@H](C)C(=O)Nc2ccccc2)cc1OCC. The highest BCUT2D eigenvalue weighted by Gasteiger charge is 2.16. The van der Waals surface area contributed by atoms with Gasteiger partial charge < -0.3 is 19.5 Å². The first kappa shape index (κ1) is 21.0. The minimum atomic E-state index is -0.920. The second-order valence-corrected chi connectivity index (χ2v) is 5.84. The van der Waals surface area contributed by atoms with Gasteiger partial charge in [-0.15, -0.1) is 0 Å². The normalized spacial score (nSPS) is 11.7. The van der Waals surface area contributed by atoms with Crippen molar-refractivity contribution in [1.29, 1.82) is 0 Å². The number of amides is 1. The van der Waals surface area contributed by atoms with Crippen LogP contribution in [0.1, 0.15) is 26.3 Å². The maximum Gasteiger partial charge on any atom is 0.331 e. The van der Waals surface area contributed by atoms with E-state index in [9.17, 15) is 9.59 Å². The maximum atomic E-state index is 12.1. The van der Waals surface area contributed by atoms with E-state index in [0.717, 1.165) is 5.56 Å². The summed E-state index contributed by atoms with van der Waals surface area (Å²) in [5, 5.41) is 2.69. The molecule has 6 nitrogen and oxygen atoms in total. The lowest BCUT2D eigenvalue weighted by atomic mass is 10.2. The number of benzene rings is 2. The van der Waals surface area contributed by atoms with Crippen molar-refractivity contribution < 1.29 is 23.8 Å². The van der Waals surface area contributed by atoms with Crippen LogP contribution in [-0.2, 0) is 14.3 Å². The summed E-state index contributed by atoms with van der Waals surface area (Å²) >= 11 is 0. The molecule has 0 radical (unpaired) electrons. The zero-order valence-electron chi connectivity index (χ0n) is 16.3. The molecule has 0 bridgehead atoms. The molecule has 148 valence electrons. The second-order valence-electron chi connectivity index (χ2n) is 5.84. The lowest BCUT2D eigenvalue weighted by Crippen LogP contribution is -2.29. The molecule has 0 spiro atoms. The van der Waals surface area contributed by atoms with Crippen LogP contribution in [0.5, 0.6) is 11.5 Å². The molecule has 0 fully saturated rings. The van der Waals surface area contributed by atoms with Crippen molar-refractivity contribution >= 4 is 23.6 Å². The van der Waals surface area contributed by atoms with Crippen LogP contribution in [0.3, 0.4) is 0 Å². The van der Waals surface area contributed by atoms with Crippen LogP contribution in [0.25, 0.3) is 6.08 Å². The van der Waals surface area contributed by atoms with Gasteiger partial charge in [0.05, 0.1) is 13.2 Å². The first-order valence-electron chi connectivity index (χ1n) is 9.17. The van der Waals surface area contributed by atoms with Gasteiger partial charge in [-0.05, 0) is 56.7 Å². The predicted octanol–water partition coefficient (Wildman–Crippen LogP) is 4.07. The monoisotopic (exact) mass is 383 g/mol. The Bertz CT molecular complexity index is 817. The molecule has 28 heavy (non-hydrogen) atoms. The first-order chi connectivity index (χ1) is 13.5. The van der Waals surface area contributed by atoms with Gasteiger partial charge in [0, 0.05) is 11.8 Å². The number of esters is 1. The van der Waals surface area contributed by atoms with Gasteiger partial charge in [0.25, 0.3) is 5.91 Å². The van der Waals surface area contributed by atoms with E-state index in [0.29, 0.717) is 30.4 Å². The summed E-state index contributed by atoms with van der Waals surface area (Å²) in [4.78, 5) is 24.1. The van der Waals surface area contributed by atoms with E-state index in [1.807, 2.05) is 38.1 Å². The van der Waals surface area contributed by atoms with E-state index in [-0.39, 0.29) is 0 Å². The highest BCUT2D eigenvalue weighted by molar-refractivity contribution is 5.96. The van der Waals surface area contributed by atoms with Gasteiger partial charge >= 0.3 is 5.97 Å². The number of carbonyl (C=O) groups is 2. The van der Waals surface area contributed by atoms with Crippen LogP contribution in [0.4, 0.5) is 5.69 Å². The lowest BCUT2D eigenvalue weighted by Gasteiger charge is -2.12. The third kappa shape index (κ3) is 6.46. The number of rotatable bonds is 9. The molecule has 0 unspecified atom stereocenters. The van der Waals surface area contributed by atoms with Crippen molar-refractivity contribution in [3.63, 3.8) is 0 Å². The van der Waals surface area contributed by atoms with Gasteiger partial charge in [0.15, 0.2) is 17.6 Å². The van der Waals surface area contributed by atoms with E-state index in [2.05, 4.69) is 5.32 Å². The van der Waals surface area contributed by atoms with Gasteiger partial charge in [-0.1, -0.05) is 24.3 Å². The maximum absolute atomic E-state index is 12.1. The summed E-state index contributed by atoms with van der Waals surface area (Å²) in [5.41, 5.74) is 1.40. The molecule has 2 aromatic carbocycles. The number of carbonyl (C=O) groups excluding carboxylic acids is 2. The van der Waals surface area contributed by atoms with Gasteiger partial charge in [0.1, 0.15) is 0 Å². The molecule has 2 aromatic rings.